The zero-order valence-electron chi connectivity index (χ0n) is 6.80. The summed E-state index contributed by atoms with van der Waals surface area (Å²) < 4.78 is 36.7. The van der Waals surface area contributed by atoms with Gasteiger partial charge in [0.25, 0.3) is 0 Å². The van der Waals surface area contributed by atoms with Gasteiger partial charge >= 0.3 is 6.18 Å². The van der Waals surface area contributed by atoms with Crippen molar-refractivity contribution in [1.82, 2.24) is 4.90 Å². The lowest BCUT2D eigenvalue weighted by Crippen LogP contribution is -2.30. The van der Waals surface area contributed by atoms with Crippen molar-refractivity contribution in [3.63, 3.8) is 0 Å². The molecule has 2 nitrogen and oxygen atoms in total. The molecule has 1 aliphatic heterocycles. The first-order valence-corrected chi connectivity index (χ1v) is 4.43. The van der Waals surface area contributed by atoms with Gasteiger partial charge in [-0.1, -0.05) is 0 Å². The minimum atomic E-state index is -4.31. The molecule has 0 spiro atoms. The van der Waals surface area contributed by atoms with Crippen LogP contribution in [0.25, 0.3) is 0 Å². The SMILES string of the molecule is CN1C(C(F)(F)F)=CSC1CC#N. The van der Waals surface area contributed by atoms with Gasteiger partial charge in [0.15, 0.2) is 0 Å². The zero-order valence-corrected chi connectivity index (χ0v) is 7.61. The monoisotopic (exact) mass is 208 g/mol. The van der Waals surface area contributed by atoms with E-state index in [1.807, 2.05) is 6.07 Å². The molecule has 0 radical (unpaired) electrons. The first kappa shape index (κ1) is 10.3. The topological polar surface area (TPSA) is 27.0 Å². The third-order valence-electron chi connectivity index (χ3n) is 1.71. The van der Waals surface area contributed by atoms with Crippen LogP contribution in [0.15, 0.2) is 11.1 Å². The Kier molecular flexibility index (Phi) is 2.76. The summed E-state index contributed by atoms with van der Waals surface area (Å²) >= 11 is 1.03. The number of thioether (sulfide) groups is 1. The summed E-state index contributed by atoms with van der Waals surface area (Å²) in [6, 6.07) is 1.85. The summed E-state index contributed by atoms with van der Waals surface area (Å²) in [6.45, 7) is 0. The van der Waals surface area contributed by atoms with Gasteiger partial charge in [-0.25, -0.2) is 0 Å². The van der Waals surface area contributed by atoms with Gasteiger partial charge < -0.3 is 4.90 Å². The molecular weight excluding hydrogens is 201 g/mol. The number of nitriles is 1. The molecule has 0 N–H and O–H groups in total. The summed E-state index contributed by atoms with van der Waals surface area (Å²) in [5, 5.41) is 9.00. The number of alkyl halides is 3. The molecule has 6 heteroatoms. The van der Waals surface area contributed by atoms with Crippen molar-refractivity contribution in [3.05, 3.63) is 11.1 Å². The Balaban J connectivity index is 2.69. The van der Waals surface area contributed by atoms with Crippen LogP contribution in [0.5, 0.6) is 0 Å². The van der Waals surface area contributed by atoms with E-state index < -0.39 is 17.2 Å². The van der Waals surface area contributed by atoms with Crippen molar-refractivity contribution in [1.29, 1.82) is 5.26 Å². The van der Waals surface area contributed by atoms with Crippen LogP contribution < -0.4 is 0 Å². The molecule has 1 heterocycles. The lowest BCUT2D eigenvalue weighted by Gasteiger charge is -2.23. The smallest absolute Gasteiger partial charge is 0.357 e. The molecule has 1 unspecified atom stereocenters. The molecule has 0 aromatic rings. The molecule has 1 rings (SSSR count). The third kappa shape index (κ3) is 2.10. The van der Waals surface area contributed by atoms with E-state index in [0.717, 1.165) is 22.1 Å². The average molecular weight is 208 g/mol. The third-order valence-corrected chi connectivity index (χ3v) is 2.86. The Hall–Kier alpha value is -0.830. The van der Waals surface area contributed by atoms with E-state index in [0.29, 0.717) is 0 Å². The molecule has 0 aromatic heterocycles. The van der Waals surface area contributed by atoms with E-state index in [1.165, 1.54) is 7.05 Å². The molecule has 13 heavy (non-hydrogen) atoms. The molecule has 0 saturated carbocycles. The first-order valence-electron chi connectivity index (χ1n) is 3.49. The average Bonchev–Trinajstić information content (AvgIpc) is 2.32. The van der Waals surface area contributed by atoms with E-state index in [4.69, 9.17) is 5.26 Å². The second-order valence-electron chi connectivity index (χ2n) is 2.56. The summed E-state index contributed by atoms with van der Waals surface area (Å²) in [6.07, 6.45) is -4.22. The number of nitrogens with zero attached hydrogens (tertiary/aromatic N) is 2. The lowest BCUT2D eigenvalue weighted by molar-refractivity contribution is -0.109. The second-order valence-corrected chi connectivity index (χ2v) is 3.62. The number of hydrogen-bond donors (Lipinski definition) is 0. The Bertz CT molecular complexity index is 266. The van der Waals surface area contributed by atoms with Crippen molar-refractivity contribution in [3.8, 4) is 6.07 Å². The number of hydrogen-bond acceptors (Lipinski definition) is 3. The van der Waals surface area contributed by atoms with E-state index >= 15 is 0 Å². The Morgan fingerprint density at radius 2 is 2.31 bits per heavy atom. The molecule has 0 amide bonds. The summed E-state index contributed by atoms with van der Waals surface area (Å²) in [5.41, 5.74) is -0.669. The maximum atomic E-state index is 12.2. The van der Waals surface area contributed by atoms with E-state index in [1.54, 1.807) is 0 Å². The predicted octanol–water partition coefficient (Wildman–Crippen LogP) is 2.31. The van der Waals surface area contributed by atoms with Crippen LogP contribution in [-0.4, -0.2) is 23.5 Å². The highest BCUT2D eigenvalue weighted by Gasteiger charge is 2.41. The van der Waals surface area contributed by atoms with Crippen LogP contribution in [0.1, 0.15) is 6.42 Å². The van der Waals surface area contributed by atoms with E-state index in [-0.39, 0.29) is 6.42 Å². The summed E-state index contributed by atoms with van der Waals surface area (Å²) in [5.74, 6) is 0. The standard InChI is InChI=1S/C7H7F3N2S/c1-12-5(7(8,9)10)4-13-6(12)2-3-11/h4,6H,2H2,1H3. The van der Waals surface area contributed by atoms with Crippen LogP contribution >= 0.6 is 11.8 Å². The highest BCUT2D eigenvalue weighted by atomic mass is 32.2. The molecule has 0 fully saturated rings. The summed E-state index contributed by atoms with van der Waals surface area (Å²) in [7, 11) is 1.35. The normalized spacial score (nSPS) is 22.8. The number of halogens is 3. The van der Waals surface area contributed by atoms with Gasteiger partial charge in [0.2, 0.25) is 0 Å². The van der Waals surface area contributed by atoms with Crippen molar-refractivity contribution in [2.45, 2.75) is 18.0 Å². The highest BCUT2D eigenvalue weighted by Crippen LogP contribution is 2.39. The minimum Gasteiger partial charge on any atom is -0.357 e. The van der Waals surface area contributed by atoms with Crippen molar-refractivity contribution in [2.75, 3.05) is 7.05 Å². The van der Waals surface area contributed by atoms with Gasteiger partial charge in [-0.15, -0.1) is 11.8 Å². The van der Waals surface area contributed by atoms with Crippen LogP contribution in [0.2, 0.25) is 0 Å². The largest absolute Gasteiger partial charge is 0.431 e. The van der Waals surface area contributed by atoms with Crippen molar-refractivity contribution >= 4 is 11.8 Å². The van der Waals surface area contributed by atoms with Crippen LogP contribution in [0, 0.1) is 11.3 Å². The molecule has 0 aliphatic carbocycles. The minimum absolute atomic E-state index is 0.0945. The van der Waals surface area contributed by atoms with Gasteiger partial charge in [-0.3, -0.25) is 0 Å². The Morgan fingerprint density at radius 3 is 2.69 bits per heavy atom. The first-order chi connectivity index (χ1) is 5.96. The van der Waals surface area contributed by atoms with E-state index in [9.17, 15) is 13.2 Å². The lowest BCUT2D eigenvalue weighted by atomic mass is 10.3. The van der Waals surface area contributed by atoms with Gasteiger partial charge in [0, 0.05) is 12.5 Å². The van der Waals surface area contributed by atoms with Crippen molar-refractivity contribution in [2.24, 2.45) is 0 Å². The van der Waals surface area contributed by atoms with E-state index in [2.05, 4.69) is 0 Å². The molecule has 72 valence electrons. The number of rotatable bonds is 1. The molecule has 0 aromatic carbocycles. The van der Waals surface area contributed by atoms with Crippen molar-refractivity contribution < 1.29 is 13.2 Å². The zero-order chi connectivity index (χ0) is 10.1. The van der Waals surface area contributed by atoms with Gasteiger partial charge in [-0.05, 0) is 0 Å². The van der Waals surface area contributed by atoms with Gasteiger partial charge in [-0.2, -0.15) is 18.4 Å². The van der Waals surface area contributed by atoms with Crippen LogP contribution in [-0.2, 0) is 0 Å². The summed E-state index contributed by atoms with van der Waals surface area (Å²) in [4.78, 5) is 1.09. The fourth-order valence-electron chi connectivity index (χ4n) is 1.00. The Morgan fingerprint density at radius 1 is 1.69 bits per heavy atom. The number of allylic oxidation sites excluding steroid dienone is 1. The fourth-order valence-corrected chi connectivity index (χ4v) is 2.06. The maximum Gasteiger partial charge on any atom is 0.431 e. The second kappa shape index (κ2) is 3.50. The van der Waals surface area contributed by atoms with Crippen LogP contribution in [0.3, 0.4) is 0 Å². The molecule has 0 saturated heterocycles. The van der Waals surface area contributed by atoms with Crippen LogP contribution in [0.4, 0.5) is 13.2 Å². The van der Waals surface area contributed by atoms with Gasteiger partial charge in [0.05, 0.1) is 17.9 Å². The molecule has 0 bridgehead atoms. The fraction of sp³-hybridized carbons (Fsp3) is 0.571. The highest BCUT2D eigenvalue weighted by molar-refractivity contribution is 8.02. The molecule has 1 aliphatic rings. The molecule has 1 atom stereocenters. The molecular formula is C7H7F3N2S. The maximum absolute atomic E-state index is 12.2. The Labute approximate surface area is 78.0 Å². The predicted molar refractivity (Wildman–Crippen MR) is 43.5 cm³/mol. The van der Waals surface area contributed by atoms with Gasteiger partial charge in [0.1, 0.15) is 5.70 Å². The quantitative estimate of drug-likeness (QED) is 0.661.